The predicted molar refractivity (Wildman–Crippen MR) is 77.6 cm³/mol. The Morgan fingerprint density at radius 3 is 2.12 bits per heavy atom. The van der Waals surface area contributed by atoms with Crippen molar-refractivity contribution in [2.24, 2.45) is 0 Å². The van der Waals surface area contributed by atoms with E-state index in [1.807, 2.05) is 12.1 Å². The lowest BCUT2D eigenvalue weighted by atomic mass is 10.2. The molecule has 0 aliphatic carbocycles. The summed E-state index contributed by atoms with van der Waals surface area (Å²) < 4.78 is 0. The van der Waals surface area contributed by atoms with Crippen LogP contribution in [-0.2, 0) is 0 Å². The Balaban J connectivity index is 2.56. The summed E-state index contributed by atoms with van der Waals surface area (Å²) in [6.07, 6.45) is 5.60. The molecule has 0 unspecified atom stereocenters. The van der Waals surface area contributed by atoms with Crippen molar-refractivity contribution < 1.29 is 0 Å². The topological polar surface area (TPSA) is 0 Å². The zero-order valence-electron chi connectivity index (χ0n) is 10.3. The molecule has 0 aromatic heterocycles. The highest BCUT2D eigenvalue weighted by Crippen LogP contribution is 2.07. The molecule has 0 amide bonds. The fourth-order valence-electron chi connectivity index (χ4n) is 2.16. The fraction of sp³-hybridized carbons (Fsp3) is 0.125. The molecule has 84 valence electrons. The van der Waals surface area contributed by atoms with Gasteiger partial charge in [0.2, 0.25) is 0 Å². The minimum absolute atomic E-state index is 1.04. The third-order valence-electron chi connectivity index (χ3n) is 3.25. The maximum atomic E-state index is 5.60. The zero-order valence-corrected chi connectivity index (χ0v) is 11.3. The number of hydrogen-bond donors (Lipinski definition) is 0. The second kappa shape index (κ2) is 4.61. The average molecular weight is 236 g/mol. The average Bonchev–Trinajstić information content (AvgIpc) is 2.39. The van der Waals surface area contributed by atoms with Crippen molar-refractivity contribution in [3.63, 3.8) is 0 Å². The molecular weight excluding hydrogens is 220 g/mol. The lowest BCUT2D eigenvalue weighted by molar-refractivity contribution is 1.64. The van der Waals surface area contributed by atoms with Gasteiger partial charge in [-0.1, -0.05) is 72.7 Å². The lowest BCUT2D eigenvalue weighted by Gasteiger charge is -2.24. The van der Waals surface area contributed by atoms with E-state index in [1.165, 1.54) is 10.4 Å². The number of hydrogen-bond acceptors (Lipinski definition) is 0. The van der Waals surface area contributed by atoms with Gasteiger partial charge in [0.15, 0.2) is 0 Å². The normalized spacial score (nSPS) is 10.9. The monoisotopic (exact) mass is 236 g/mol. The van der Waals surface area contributed by atoms with E-state index in [1.54, 1.807) is 0 Å². The van der Waals surface area contributed by atoms with Gasteiger partial charge in [-0.2, -0.15) is 0 Å². The van der Waals surface area contributed by atoms with E-state index in [9.17, 15) is 0 Å². The van der Waals surface area contributed by atoms with Crippen LogP contribution in [0.1, 0.15) is 5.56 Å². The first-order chi connectivity index (χ1) is 8.16. The first kappa shape index (κ1) is 11.7. The largest absolute Gasteiger partial charge is 0.115 e. The molecule has 0 nitrogen and oxygen atoms in total. The summed E-state index contributed by atoms with van der Waals surface area (Å²) in [4.78, 5) is 0. The third-order valence-corrected chi connectivity index (χ3v) is 6.81. The molecule has 0 aliphatic heterocycles. The van der Waals surface area contributed by atoms with Crippen molar-refractivity contribution in [2.45, 2.75) is 13.1 Å². The molecule has 1 heteroatoms. The Hall–Kier alpha value is -1.78. The molecule has 0 radical (unpaired) electrons. The van der Waals surface area contributed by atoms with E-state index in [-0.39, 0.29) is 0 Å². The first-order valence-electron chi connectivity index (χ1n) is 5.78. The summed E-state index contributed by atoms with van der Waals surface area (Å²) in [6.45, 7) is 4.69. The maximum Gasteiger partial charge on any atom is 0.113 e. The summed E-state index contributed by atoms with van der Waals surface area (Å²) in [6, 6.07) is 19.0. The minimum atomic E-state index is -1.66. The van der Waals surface area contributed by atoms with E-state index < -0.39 is 8.07 Å². The van der Waals surface area contributed by atoms with Crippen LogP contribution in [0.5, 0.6) is 0 Å². The van der Waals surface area contributed by atoms with Gasteiger partial charge in [0.25, 0.3) is 0 Å². The van der Waals surface area contributed by atoms with E-state index in [0.717, 1.165) is 5.56 Å². The van der Waals surface area contributed by atoms with Crippen molar-refractivity contribution in [1.29, 1.82) is 0 Å². The van der Waals surface area contributed by atoms with Gasteiger partial charge in [-0.15, -0.1) is 6.42 Å². The molecule has 0 heterocycles. The van der Waals surface area contributed by atoms with E-state index in [4.69, 9.17) is 6.42 Å². The van der Waals surface area contributed by atoms with E-state index >= 15 is 0 Å². The summed E-state index contributed by atoms with van der Waals surface area (Å²) in [5, 5.41) is 2.76. The Morgan fingerprint density at radius 2 is 1.47 bits per heavy atom. The van der Waals surface area contributed by atoms with Crippen LogP contribution < -0.4 is 10.4 Å². The predicted octanol–water partition coefficient (Wildman–Crippen LogP) is 2.49. The molecule has 0 saturated carbocycles. The molecular formula is C16H16Si. The van der Waals surface area contributed by atoms with Gasteiger partial charge in [-0.05, 0) is 11.3 Å². The second-order valence-corrected chi connectivity index (χ2v) is 9.05. The number of rotatable bonds is 2. The smallest absolute Gasteiger partial charge is 0.113 e. The van der Waals surface area contributed by atoms with Gasteiger partial charge in [0.05, 0.1) is 0 Å². The Bertz CT molecular complexity index is 547. The van der Waals surface area contributed by atoms with Crippen molar-refractivity contribution in [2.75, 3.05) is 0 Å². The van der Waals surface area contributed by atoms with Crippen molar-refractivity contribution in [1.82, 2.24) is 0 Å². The van der Waals surface area contributed by atoms with Crippen LogP contribution in [0.3, 0.4) is 0 Å². The van der Waals surface area contributed by atoms with Crippen molar-refractivity contribution in [3.05, 3.63) is 60.2 Å². The van der Waals surface area contributed by atoms with Crippen LogP contribution in [-0.4, -0.2) is 8.07 Å². The highest BCUT2D eigenvalue weighted by Gasteiger charge is 2.27. The van der Waals surface area contributed by atoms with Crippen LogP contribution in [0.15, 0.2) is 54.6 Å². The Kier molecular flexibility index (Phi) is 3.17. The van der Waals surface area contributed by atoms with Gasteiger partial charge in [-0.3, -0.25) is 0 Å². The molecule has 2 aromatic rings. The minimum Gasteiger partial charge on any atom is -0.115 e. The standard InChI is InChI=1S/C16H16Si/c1-4-14-10-8-9-13-16(14)17(2,3)15-11-6-5-7-12-15/h1,5-13H,2-3H3. The second-order valence-electron chi connectivity index (χ2n) is 4.68. The van der Waals surface area contributed by atoms with E-state index in [2.05, 4.69) is 61.5 Å². The Morgan fingerprint density at radius 1 is 0.882 bits per heavy atom. The Labute approximate surface area is 104 Å². The maximum absolute atomic E-state index is 5.60. The first-order valence-corrected chi connectivity index (χ1v) is 8.78. The zero-order chi connectivity index (χ0) is 12.3. The van der Waals surface area contributed by atoms with Crippen LogP contribution in [0.25, 0.3) is 0 Å². The van der Waals surface area contributed by atoms with E-state index in [0.29, 0.717) is 0 Å². The highest BCUT2D eigenvalue weighted by molar-refractivity contribution is 7.00. The van der Waals surface area contributed by atoms with Crippen molar-refractivity contribution in [3.8, 4) is 12.3 Å². The molecule has 0 aliphatic rings. The molecule has 0 atom stereocenters. The molecule has 0 fully saturated rings. The summed E-state index contributed by atoms with van der Waals surface area (Å²) in [7, 11) is -1.66. The lowest BCUT2D eigenvalue weighted by Crippen LogP contribution is -2.53. The van der Waals surface area contributed by atoms with Gasteiger partial charge in [0, 0.05) is 5.56 Å². The molecule has 0 spiro atoms. The molecule has 0 saturated heterocycles. The van der Waals surface area contributed by atoms with Crippen LogP contribution in [0.4, 0.5) is 0 Å². The van der Waals surface area contributed by atoms with Crippen LogP contribution >= 0.6 is 0 Å². The molecule has 2 aromatic carbocycles. The SMILES string of the molecule is C#Cc1ccccc1[Si](C)(C)c1ccccc1. The third kappa shape index (κ3) is 2.18. The molecule has 2 rings (SSSR count). The fourth-order valence-corrected chi connectivity index (χ4v) is 4.84. The van der Waals surface area contributed by atoms with Gasteiger partial charge in [-0.25, -0.2) is 0 Å². The quantitative estimate of drug-likeness (QED) is 0.555. The molecule has 0 bridgehead atoms. The highest BCUT2D eigenvalue weighted by atomic mass is 28.3. The summed E-state index contributed by atoms with van der Waals surface area (Å²) in [5.41, 5.74) is 1.04. The van der Waals surface area contributed by atoms with Crippen LogP contribution in [0.2, 0.25) is 13.1 Å². The number of benzene rings is 2. The molecule has 0 N–H and O–H groups in total. The summed E-state index contributed by atoms with van der Waals surface area (Å²) in [5.74, 6) is 2.81. The molecule has 17 heavy (non-hydrogen) atoms. The van der Waals surface area contributed by atoms with Crippen LogP contribution in [0, 0.1) is 12.3 Å². The van der Waals surface area contributed by atoms with Gasteiger partial charge >= 0.3 is 0 Å². The number of terminal acetylenes is 1. The van der Waals surface area contributed by atoms with Gasteiger partial charge in [0.1, 0.15) is 8.07 Å². The van der Waals surface area contributed by atoms with Gasteiger partial charge < -0.3 is 0 Å². The summed E-state index contributed by atoms with van der Waals surface area (Å²) >= 11 is 0. The van der Waals surface area contributed by atoms with Crippen molar-refractivity contribution >= 4 is 18.4 Å².